The number of nitrogens with two attached hydrogens (primary N) is 1. The number of nitrogen functional groups attached to an aromatic ring is 1. The van der Waals surface area contributed by atoms with Crippen LogP contribution in [0.5, 0.6) is 5.75 Å². The number of para-hydroxylation sites is 1. The standard InChI is InChI=1S/C15H15NO/c1-2-11-17-13-9-7-12(8-10-13)14-5-3-4-6-15(14)16/h2-10H,1,11,16H2. The molecule has 0 aliphatic heterocycles. The summed E-state index contributed by atoms with van der Waals surface area (Å²) in [6, 6.07) is 15.7. The Morgan fingerprint density at radius 1 is 1.06 bits per heavy atom. The van der Waals surface area contributed by atoms with E-state index in [1.807, 2.05) is 48.5 Å². The van der Waals surface area contributed by atoms with Crippen LogP contribution in [-0.2, 0) is 0 Å². The molecule has 2 heteroatoms. The molecule has 0 radical (unpaired) electrons. The summed E-state index contributed by atoms with van der Waals surface area (Å²) in [7, 11) is 0. The normalized spacial score (nSPS) is 9.88. The fourth-order valence-corrected chi connectivity index (χ4v) is 1.65. The predicted molar refractivity (Wildman–Crippen MR) is 72.0 cm³/mol. The van der Waals surface area contributed by atoms with E-state index in [4.69, 9.17) is 10.5 Å². The van der Waals surface area contributed by atoms with Crippen molar-refractivity contribution >= 4 is 5.69 Å². The summed E-state index contributed by atoms with van der Waals surface area (Å²) in [4.78, 5) is 0. The second kappa shape index (κ2) is 5.21. The molecular weight excluding hydrogens is 210 g/mol. The molecule has 0 aromatic heterocycles. The van der Waals surface area contributed by atoms with Gasteiger partial charge in [0.25, 0.3) is 0 Å². The molecular formula is C15H15NO. The second-order valence-electron chi connectivity index (χ2n) is 3.71. The average Bonchev–Trinajstić information content (AvgIpc) is 2.38. The van der Waals surface area contributed by atoms with Gasteiger partial charge in [-0.1, -0.05) is 43.0 Å². The summed E-state index contributed by atoms with van der Waals surface area (Å²) >= 11 is 0. The Bertz CT molecular complexity index is 503. The van der Waals surface area contributed by atoms with Crippen molar-refractivity contribution in [3.8, 4) is 16.9 Å². The van der Waals surface area contributed by atoms with Crippen molar-refractivity contribution in [3.63, 3.8) is 0 Å². The van der Waals surface area contributed by atoms with Gasteiger partial charge in [-0.15, -0.1) is 0 Å². The minimum absolute atomic E-state index is 0.521. The molecule has 2 rings (SSSR count). The van der Waals surface area contributed by atoms with Crippen LogP contribution >= 0.6 is 0 Å². The third-order valence-electron chi connectivity index (χ3n) is 2.49. The van der Waals surface area contributed by atoms with Gasteiger partial charge in [-0.25, -0.2) is 0 Å². The first-order valence-corrected chi connectivity index (χ1v) is 5.50. The molecule has 17 heavy (non-hydrogen) atoms. The smallest absolute Gasteiger partial charge is 0.119 e. The Labute approximate surface area is 101 Å². The van der Waals surface area contributed by atoms with E-state index in [1.54, 1.807) is 6.08 Å². The van der Waals surface area contributed by atoms with Crippen LogP contribution in [0, 0.1) is 0 Å². The van der Waals surface area contributed by atoms with Gasteiger partial charge in [-0.2, -0.15) is 0 Å². The molecule has 0 aliphatic rings. The van der Waals surface area contributed by atoms with E-state index in [-0.39, 0.29) is 0 Å². The van der Waals surface area contributed by atoms with Crippen LogP contribution in [0.15, 0.2) is 61.2 Å². The predicted octanol–water partition coefficient (Wildman–Crippen LogP) is 3.50. The summed E-state index contributed by atoms with van der Waals surface area (Å²) in [5.41, 5.74) is 8.85. The number of ether oxygens (including phenoxy) is 1. The minimum Gasteiger partial charge on any atom is -0.490 e. The van der Waals surface area contributed by atoms with E-state index in [1.165, 1.54) is 0 Å². The molecule has 0 unspecified atom stereocenters. The fraction of sp³-hybridized carbons (Fsp3) is 0.0667. The molecule has 2 nitrogen and oxygen atoms in total. The highest BCUT2D eigenvalue weighted by Crippen LogP contribution is 2.26. The van der Waals surface area contributed by atoms with E-state index in [0.717, 1.165) is 22.6 Å². The number of rotatable bonds is 4. The zero-order chi connectivity index (χ0) is 12.1. The van der Waals surface area contributed by atoms with Crippen LogP contribution in [0.2, 0.25) is 0 Å². The Hall–Kier alpha value is -2.22. The van der Waals surface area contributed by atoms with E-state index in [9.17, 15) is 0 Å². The molecule has 0 fully saturated rings. The Morgan fingerprint density at radius 2 is 1.76 bits per heavy atom. The molecule has 2 N–H and O–H groups in total. The van der Waals surface area contributed by atoms with E-state index in [2.05, 4.69) is 6.58 Å². The maximum absolute atomic E-state index is 5.93. The third-order valence-corrected chi connectivity index (χ3v) is 2.49. The van der Waals surface area contributed by atoms with Gasteiger partial charge in [0.2, 0.25) is 0 Å². The highest BCUT2D eigenvalue weighted by molar-refractivity contribution is 5.76. The monoisotopic (exact) mass is 225 g/mol. The molecule has 0 amide bonds. The highest BCUT2D eigenvalue weighted by Gasteiger charge is 2.01. The van der Waals surface area contributed by atoms with Crippen molar-refractivity contribution in [2.45, 2.75) is 0 Å². The molecule has 86 valence electrons. The van der Waals surface area contributed by atoms with Crippen molar-refractivity contribution in [1.82, 2.24) is 0 Å². The van der Waals surface area contributed by atoms with Crippen LogP contribution in [-0.4, -0.2) is 6.61 Å². The average molecular weight is 225 g/mol. The molecule has 0 bridgehead atoms. The van der Waals surface area contributed by atoms with Crippen molar-refractivity contribution in [2.75, 3.05) is 12.3 Å². The lowest BCUT2D eigenvalue weighted by molar-refractivity contribution is 0.363. The van der Waals surface area contributed by atoms with Crippen LogP contribution in [0.3, 0.4) is 0 Å². The summed E-state index contributed by atoms with van der Waals surface area (Å²) in [6.07, 6.45) is 1.73. The largest absolute Gasteiger partial charge is 0.490 e. The number of benzene rings is 2. The van der Waals surface area contributed by atoms with Crippen LogP contribution in [0.25, 0.3) is 11.1 Å². The van der Waals surface area contributed by atoms with Crippen LogP contribution in [0.1, 0.15) is 0 Å². The topological polar surface area (TPSA) is 35.2 Å². The third kappa shape index (κ3) is 2.67. The van der Waals surface area contributed by atoms with Crippen LogP contribution in [0.4, 0.5) is 5.69 Å². The second-order valence-corrected chi connectivity index (χ2v) is 3.71. The fourth-order valence-electron chi connectivity index (χ4n) is 1.65. The first-order chi connectivity index (χ1) is 8.31. The number of anilines is 1. The van der Waals surface area contributed by atoms with Crippen molar-refractivity contribution in [3.05, 3.63) is 61.2 Å². The van der Waals surface area contributed by atoms with Gasteiger partial charge in [0, 0.05) is 11.3 Å². The zero-order valence-corrected chi connectivity index (χ0v) is 9.60. The molecule has 2 aromatic rings. The van der Waals surface area contributed by atoms with Crippen molar-refractivity contribution in [1.29, 1.82) is 0 Å². The van der Waals surface area contributed by atoms with Crippen molar-refractivity contribution in [2.24, 2.45) is 0 Å². The number of hydrogen-bond acceptors (Lipinski definition) is 2. The lowest BCUT2D eigenvalue weighted by atomic mass is 10.0. The summed E-state index contributed by atoms with van der Waals surface area (Å²) in [5, 5.41) is 0. The van der Waals surface area contributed by atoms with E-state index < -0.39 is 0 Å². The van der Waals surface area contributed by atoms with Gasteiger partial charge < -0.3 is 10.5 Å². The van der Waals surface area contributed by atoms with Gasteiger partial charge in [0.05, 0.1) is 0 Å². The summed E-state index contributed by atoms with van der Waals surface area (Å²) in [5.74, 6) is 0.836. The van der Waals surface area contributed by atoms with Gasteiger partial charge in [-0.05, 0) is 23.8 Å². The Morgan fingerprint density at radius 3 is 2.41 bits per heavy atom. The molecule has 0 spiro atoms. The SMILES string of the molecule is C=CCOc1ccc(-c2ccccc2N)cc1. The van der Waals surface area contributed by atoms with Gasteiger partial charge in [0.15, 0.2) is 0 Å². The Kier molecular flexibility index (Phi) is 3.46. The highest BCUT2D eigenvalue weighted by atomic mass is 16.5. The molecule has 0 saturated heterocycles. The molecule has 2 aromatic carbocycles. The summed E-state index contributed by atoms with van der Waals surface area (Å²) < 4.78 is 5.43. The first kappa shape index (κ1) is 11.3. The van der Waals surface area contributed by atoms with Gasteiger partial charge in [0.1, 0.15) is 12.4 Å². The minimum atomic E-state index is 0.521. The zero-order valence-electron chi connectivity index (χ0n) is 9.60. The van der Waals surface area contributed by atoms with E-state index >= 15 is 0 Å². The van der Waals surface area contributed by atoms with Gasteiger partial charge in [-0.3, -0.25) is 0 Å². The molecule has 0 saturated carbocycles. The quantitative estimate of drug-likeness (QED) is 0.638. The molecule has 0 atom stereocenters. The maximum atomic E-state index is 5.93. The summed E-state index contributed by atoms with van der Waals surface area (Å²) in [6.45, 7) is 4.13. The first-order valence-electron chi connectivity index (χ1n) is 5.50. The van der Waals surface area contributed by atoms with Gasteiger partial charge >= 0.3 is 0 Å². The molecule has 0 heterocycles. The lowest BCUT2D eigenvalue weighted by Gasteiger charge is -2.07. The van der Waals surface area contributed by atoms with Crippen LogP contribution < -0.4 is 10.5 Å². The number of hydrogen-bond donors (Lipinski definition) is 1. The van der Waals surface area contributed by atoms with E-state index in [0.29, 0.717) is 6.61 Å². The Balaban J connectivity index is 2.23. The van der Waals surface area contributed by atoms with Crippen molar-refractivity contribution < 1.29 is 4.74 Å². The lowest BCUT2D eigenvalue weighted by Crippen LogP contribution is -1.93. The molecule has 0 aliphatic carbocycles. The maximum Gasteiger partial charge on any atom is 0.119 e.